The molecule has 2 N–H and O–H groups in total. The molecule has 2 rings (SSSR count). The van der Waals surface area contributed by atoms with Crippen LogP contribution >= 0.6 is 15.9 Å². The van der Waals surface area contributed by atoms with E-state index in [1.165, 1.54) is 6.07 Å². The molecule has 0 spiro atoms. The molecule has 0 aliphatic heterocycles. The maximum Gasteiger partial charge on any atom is 0.259 e. The molecule has 2 aromatic carbocycles. The predicted octanol–water partition coefficient (Wildman–Crippen LogP) is 3.47. The van der Waals surface area contributed by atoms with Crippen molar-refractivity contribution in [1.82, 2.24) is 0 Å². The number of hydrogen-bond acceptors (Lipinski definition) is 3. The van der Waals surface area contributed by atoms with Crippen LogP contribution in [0, 0.1) is 0 Å². The number of aromatic hydroxyl groups is 1. The first-order chi connectivity index (χ1) is 9.47. The first-order valence-electron chi connectivity index (χ1n) is 6.04. The van der Waals surface area contributed by atoms with E-state index in [1.54, 1.807) is 18.2 Å². The summed E-state index contributed by atoms with van der Waals surface area (Å²) in [7, 11) is 3.86. The number of carbonyl (C=O) groups excluding carboxylic acids is 1. The summed E-state index contributed by atoms with van der Waals surface area (Å²) in [5.41, 5.74) is 1.91. The number of phenols is 1. The van der Waals surface area contributed by atoms with Crippen molar-refractivity contribution in [1.29, 1.82) is 0 Å². The van der Waals surface area contributed by atoms with E-state index in [2.05, 4.69) is 21.2 Å². The van der Waals surface area contributed by atoms with Crippen molar-refractivity contribution in [2.75, 3.05) is 24.3 Å². The fraction of sp³-hybridized carbons (Fsp3) is 0.133. The van der Waals surface area contributed by atoms with Gasteiger partial charge >= 0.3 is 0 Å². The zero-order chi connectivity index (χ0) is 14.7. The van der Waals surface area contributed by atoms with Crippen molar-refractivity contribution in [3.05, 3.63) is 52.5 Å². The quantitative estimate of drug-likeness (QED) is 0.903. The van der Waals surface area contributed by atoms with Crippen LogP contribution in [0.1, 0.15) is 10.4 Å². The third-order valence-electron chi connectivity index (χ3n) is 2.82. The average molecular weight is 335 g/mol. The number of nitrogens with zero attached hydrogens (tertiary/aromatic N) is 1. The maximum absolute atomic E-state index is 12.1. The van der Waals surface area contributed by atoms with Crippen LogP contribution < -0.4 is 10.2 Å². The Morgan fingerprint density at radius 1 is 1.20 bits per heavy atom. The van der Waals surface area contributed by atoms with Crippen LogP contribution in [0.25, 0.3) is 0 Å². The maximum atomic E-state index is 12.1. The lowest BCUT2D eigenvalue weighted by molar-refractivity contribution is 0.102. The number of phenolic OH excluding ortho intramolecular Hbond substituents is 1. The summed E-state index contributed by atoms with van der Waals surface area (Å²) < 4.78 is 0.723. The van der Waals surface area contributed by atoms with E-state index in [0.717, 1.165) is 10.2 Å². The molecule has 0 saturated carbocycles. The minimum absolute atomic E-state index is 0.0550. The first-order valence-corrected chi connectivity index (χ1v) is 6.84. The summed E-state index contributed by atoms with van der Waals surface area (Å²) in [6, 6.07) is 12.3. The van der Waals surface area contributed by atoms with Crippen molar-refractivity contribution >= 4 is 33.2 Å². The van der Waals surface area contributed by atoms with E-state index in [9.17, 15) is 9.90 Å². The number of anilines is 2. The second-order valence-corrected chi connectivity index (χ2v) is 5.48. The molecule has 2 aromatic rings. The lowest BCUT2D eigenvalue weighted by Gasteiger charge is -2.14. The molecule has 0 radical (unpaired) electrons. The van der Waals surface area contributed by atoms with Gasteiger partial charge in [-0.3, -0.25) is 4.79 Å². The van der Waals surface area contributed by atoms with Gasteiger partial charge in [-0.25, -0.2) is 0 Å². The van der Waals surface area contributed by atoms with E-state index >= 15 is 0 Å². The van der Waals surface area contributed by atoms with Crippen molar-refractivity contribution in [2.45, 2.75) is 0 Å². The summed E-state index contributed by atoms with van der Waals surface area (Å²) in [5.74, 6) is -0.397. The van der Waals surface area contributed by atoms with Gasteiger partial charge in [0, 0.05) is 29.9 Å². The van der Waals surface area contributed by atoms with Crippen molar-refractivity contribution in [3.63, 3.8) is 0 Å². The fourth-order valence-electron chi connectivity index (χ4n) is 1.76. The number of nitrogens with one attached hydrogen (secondary N) is 1. The van der Waals surface area contributed by atoms with E-state index in [-0.39, 0.29) is 17.2 Å². The van der Waals surface area contributed by atoms with Gasteiger partial charge in [0.25, 0.3) is 5.91 Å². The van der Waals surface area contributed by atoms with Gasteiger partial charge in [0.05, 0.1) is 5.56 Å². The van der Waals surface area contributed by atoms with Crippen LogP contribution in [0.4, 0.5) is 11.4 Å². The number of halogens is 1. The molecule has 0 bridgehead atoms. The van der Waals surface area contributed by atoms with Crippen molar-refractivity contribution in [2.24, 2.45) is 0 Å². The highest BCUT2D eigenvalue weighted by Crippen LogP contribution is 2.24. The second kappa shape index (κ2) is 5.96. The van der Waals surface area contributed by atoms with Gasteiger partial charge in [0.2, 0.25) is 0 Å². The predicted molar refractivity (Wildman–Crippen MR) is 84.5 cm³/mol. The van der Waals surface area contributed by atoms with E-state index in [4.69, 9.17) is 0 Å². The fourth-order valence-corrected chi connectivity index (χ4v) is 2.11. The average Bonchev–Trinajstić information content (AvgIpc) is 2.38. The molecular weight excluding hydrogens is 320 g/mol. The Bertz CT molecular complexity index is 642. The molecular formula is C15H15BrN2O2. The third-order valence-corrected chi connectivity index (χ3v) is 3.32. The van der Waals surface area contributed by atoms with Gasteiger partial charge < -0.3 is 15.3 Å². The number of hydrogen-bond donors (Lipinski definition) is 2. The summed E-state index contributed by atoms with van der Waals surface area (Å²) in [6.07, 6.45) is 0. The van der Waals surface area contributed by atoms with Gasteiger partial charge in [-0.1, -0.05) is 22.0 Å². The summed E-state index contributed by atoms with van der Waals surface area (Å²) in [5, 5.41) is 12.6. The van der Waals surface area contributed by atoms with Crippen LogP contribution in [-0.2, 0) is 0 Å². The topological polar surface area (TPSA) is 52.6 Å². The number of rotatable bonds is 3. The van der Waals surface area contributed by atoms with Crippen LogP contribution in [0.3, 0.4) is 0 Å². The molecule has 0 saturated heterocycles. The summed E-state index contributed by atoms with van der Waals surface area (Å²) in [6.45, 7) is 0. The molecule has 0 heterocycles. The molecule has 0 unspecified atom stereocenters. The van der Waals surface area contributed by atoms with Gasteiger partial charge in [0.15, 0.2) is 0 Å². The Hall–Kier alpha value is -2.01. The zero-order valence-electron chi connectivity index (χ0n) is 11.2. The Balaban J connectivity index is 2.21. The van der Waals surface area contributed by atoms with Gasteiger partial charge in [0.1, 0.15) is 5.75 Å². The standard InChI is InChI=1S/C15H15BrN2O2/c1-18(2)12-5-3-4-11(9-12)17-15(20)13-7-6-10(16)8-14(13)19/h3-9,19H,1-2H3,(H,17,20). The summed E-state index contributed by atoms with van der Waals surface area (Å²) in [4.78, 5) is 14.1. The highest BCUT2D eigenvalue weighted by Gasteiger charge is 2.11. The molecule has 4 nitrogen and oxygen atoms in total. The van der Waals surface area contributed by atoms with Crippen LogP contribution in [-0.4, -0.2) is 25.1 Å². The molecule has 0 aliphatic rings. The minimum Gasteiger partial charge on any atom is -0.507 e. The monoisotopic (exact) mass is 334 g/mol. The van der Waals surface area contributed by atoms with Crippen molar-refractivity contribution < 1.29 is 9.90 Å². The molecule has 104 valence electrons. The Labute approximate surface area is 126 Å². The molecule has 20 heavy (non-hydrogen) atoms. The van der Waals surface area contributed by atoms with Crippen LogP contribution in [0.15, 0.2) is 46.9 Å². The third kappa shape index (κ3) is 3.30. The SMILES string of the molecule is CN(C)c1cccc(NC(=O)c2ccc(Br)cc2O)c1. The van der Waals surface area contributed by atoms with Crippen LogP contribution in [0.2, 0.25) is 0 Å². The molecule has 0 aromatic heterocycles. The Morgan fingerprint density at radius 3 is 2.60 bits per heavy atom. The minimum atomic E-state index is -0.342. The molecule has 0 atom stereocenters. The lowest BCUT2D eigenvalue weighted by atomic mass is 10.2. The zero-order valence-corrected chi connectivity index (χ0v) is 12.8. The van der Waals surface area contributed by atoms with Crippen molar-refractivity contribution in [3.8, 4) is 5.75 Å². The Morgan fingerprint density at radius 2 is 1.95 bits per heavy atom. The van der Waals surface area contributed by atoms with Gasteiger partial charge in [-0.15, -0.1) is 0 Å². The lowest BCUT2D eigenvalue weighted by Crippen LogP contribution is -2.13. The van der Waals surface area contributed by atoms with E-state index < -0.39 is 0 Å². The van der Waals surface area contributed by atoms with Gasteiger partial charge in [-0.2, -0.15) is 0 Å². The number of benzene rings is 2. The van der Waals surface area contributed by atoms with E-state index in [0.29, 0.717) is 5.69 Å². The summed E-state index contributed by atoms with van der Waals surface area (Å²) >= 11 is 3.24. The van der Waals surface area contributed by atoms with Crippen LogP contribution in [0.5, 0.6) is 5.75 Å². The smallest absolute Gasteiger partial charge is 0.259 e. The molecule has 1 amide bonds. The normalized spacial score (nSPS) is 10.2. The molecule has 0 fully saturated rings. The first kappa shape index (κ1) is 14.4. The molecule has 0 aliphatic carbocycles. The second-order valence-electron chi connectivity index (χ2n) is 4.56. The van der Waals surface area contributed by atoms with E-state index in [1.807, 2.05) is 37.2 Å². The Kier molecular flexibility index (Phi) is 4.29. The van der Waals surface area contributed by atoms with Gasteiger partial charge in [-0.05, 0) is 36.4 Å². The number of amides is 1. The number of carbonyl (C=O) groups is 1. The molecule has 5 heteroatoms. The largest absolute Gasteiger partial charge is 0.507 e. The highest BCUT2D eigenvalue weighted by molar-refractivity contribution is 9.10. The highest BCUT2D eigenvalue weighted by atomic mass is 79.9.